The van der Waals surface area contributed by atoms with Crippen LogP contribution in [0.25, 0.3) is 0 Å². The Morgan fingerprint density at radius 3 is 2.41 bits per heavy atom. The van der Waals surface area contributed by atoms with E-state index in [1.54, 1.807) is 38.5 Å². The molecule has 0 amide bonds. The van der Waals surface area contributed by atoms with Crippen LogP contribution in [0.15, 0.2) is 41.2 Å². The average molecular weight is 234 g/mol. The second kappa shape index (κ2) is 4.93. The Bertz CT molecular complexity index is 476. The van der Waals surface area contributed by atoms with Gasteiger partial charge in [0, 0.05) is 5.56 Å². The zero-order valence-electron chi connectivity index (χ0n) is 9.71. The second-order valence-electron chi connectivity index (χ2n) is 3.57. The molecular weight excluding hydrogens is 220 g/mol. The molecule has 0 unspecified atom stereocenters. The maximum atomic E-state index is 10.1. The summed E-state index contributed by atoms with van der Waals surface area (Å²) in [6, 6.07) is 7.02. The summed E-state index contributed by atoms with van der Waals surface area (Å²) in [4.78, 5) is 0. The highest BCUT2D eigenvalue weighted by molar-refractivity contribution is 5.44. The number of methoxy groups -OCH3 is 2. The standard InChI is InChI=1S/C13H14O4/c1-15-11-4-3-9(7-12(11)16-2)13(14)10-5-6-17-8-10/h3-8,13-14H,1-2H3/t13-/m0/s1. The molecule has 0 aliphatic heterocycles. The summed E-state index contributed by atoms with van der Waals surface area (Å²) in [6.45, 7) is 0. The highest BCUT2D eigenvalue weighted by Gasteiger charge is 2.14. The highest BCUT2D eigenvalue weighted by Crippen LogP contribution is 2.32. The maximum Gasteiger partial charge on any atom is 0.161 e. The first-order valence-electron chi connectivity index (χ1n) is 5.18. The highest BCUT2D eigenvalue weighted by atomic mass is 16.5. The SMILES string of the molecule is COc1ccc([C@H](O)c2ccoc2)cc1OC. The minimum absolute atomic E-state index is 0.590. The van der Waals surface area contributed by atoms with Crippen molar-refractivity contribution in [3.63, 3.8) is 0 Å². The van der Waals surface area contributed by atoms with Crippen LogP contribution >= 0.6 is 0 Å². The molecule has 4 nitrogen and oxygen atoms in total. The Morgan fingerprint density at radius 2 is 1.82 bits per heavy atom. The van der Waals surface area contributed by atoms with Crippen molar-refractivity contribution in [2.75, 3.05) is 14.2 Å². The van der Waals surface area contributed by atoms with Gasteiger partial charge in [-0.15, -0.1) is 0 Å². The lowest BCUT2D eigenvalue weighted by atomic mass is 10.0. The number of rotatable bonds is 4. The largest absolute Gasteiger partial charge is 0.493 e. The summed E-state index contributed by atoms with van der Waals surface area (Å²) in [7, 11) is 3.13. The number of aliphatic hydroxyl groups excluding tert-OH is 1. The smallest absolute Gasteiger partial charge is 0.161 e. The molecule has 0 aliphatic rings. The van der Waals surface area contributed by atoms with Crippen LogP contribution in [0.5, 0.6) is 11.5 Å². The Hall–Kier alpha value is -1.94. The monoisotopic (exact) mass is 234 g/mol. The lowest BCUT2D eigenvalue weighted by Crippen LogP contribution is -1.99. The van der Waals surface area contributed by atoms with Crippen LogP contribution in [0.2, 0.25) is 0 Å². The Morgan fingerprint density at radius 1 is 1.06 bits per heavy atom. The third-order valence-corrected chi connectivity index (χ3v) is 2.58. The van der Waals surface area contributed by atoms with E-state index < -0.39 is 6.10 Å². The summed E-state index contributed by atoms with van der Waals surface area (Å²) >= 11 is 0. The van der Waals surface area contributed by atoms with Crippen LogP contribution in [-0.2, 0) is 0 Å². The molecule has 1 N–H and O–H groups in total. The van der Waals surface area contributed by atoms with Crippen molar-refractivity contribution < 1.29 is 19.0 Å². The van der Waals surface area contributed by atoms with Gasteiger partial charge in [-0.25, -0.2) is 0 Å². The normalized spacial score (nSPS) is 12.2. The first-order chi connectivity index (χ1) is 8.26. The van der Waals surface area contributed by atoms with E-state index in [0.717, 1.165) is 5.56 Å². The van der Waals surface area contributed by atoms with E-state index in [0.29, 0.717) is 17.1 Å². The van der Waals surface area contributed by atoms with Gasteiger partial charge < -0.3 is 19.0 Å². The zero-order valence-corrected chi connectivity index (χ0v) is 9.71. The van der Waals surface area contributed by atoms with Crippen LogP contribution in [0, 0.1) is 0 Å². The summed E-state index contributed by atoms with van der Waals surface area (Å²) in [5.74, 6) is 1.23. The van der Waals surface area contributed by atoms with Crippen molar-refractivity contribution >= 4 is 0 Å². The molecule has 2 rings (SSSR count). The molecule has 0 aliphatic carbocycles. The fourth-order valence-corrected chi connectivity index (χ4v) is 1.65. The van der Waals surface area contributed by atoms with Gasteiger partial charge in [0.2, 0.25) is 0 Å². The fourth-order valence-electron chi connectivity index (χ4n) is 1.65. The van der Waals surface area contributed by atoms with Crippen molar-refractivity contribution in [3.05, 3.63) is 47.9 Å². The molecule has 17 heavy (non-hydrogen) atoms. The molecule has 1 heterocycles. The van der Waals surface area contributed by atoms with E-state index in [4.69, 9.17) is 13.9 Å². The number of hydrogen-bond donors (Lipinski definition) is 1. The van der Waals surface area contributed by atoms with Crippen LogP contribution < -0.4 is 9.47 Å². The molecule has 0 spiro atoms. The number of hydrogen-bond acceptors (Lipinski definition) is 4. The van der Waals surface area contributed by atoms with Crippen LogP contribution in [-0.4, -0.2) is 19.3 Å². The third-order valence-electron chi connectivity index (χ3n) is 2.58. The van der Waals surface area contributed by atoms with E-state index in [-0.39, 0.29) is 0 Å². The topological polar surface area (TPSA) is 51.8 Å². The summed E-state index contributed by atoms with van der Waals surface area (Å²) < 4.78 is 15.3. The van der Waals surface area contributed by atoms with Gasteiger partial charge in [-0.2, -0.15) is 0 Å². The van der Waals surface area contributed by atoms with Crippen LogP contribution in [0.3, 0.4) is 0 Å². The minimum atomic E-state index is -0.728. The Kier molecular flexibility index (Phi) is 3.35. The molecule has 0 radical (unpaired) electrons. The van der Waals surface area contributed by atoms with E-state index in [2.05, 4.69) is 0 Å². The predicted molar refractivity (Wildman–Crippen MR) is 62.3 cm³/mol. The molecule has 90 valence electrons. The molecule has 1 aromatic heterocycles. The number of benzene rings is 1. The fraction of sp³-hybridized carbons (Fsp3) is 0.231. The third kappa shape index (κ3) is 2.26. The van der Waals surface area contributed by atoms with Gasteiger partial charge in [-0.1, -0.05) is 6.07 Å². The lowest BCUT2D eigenvalue weighted by molar-refractivity contribution is 0.218. The molecule has 4 heteroatoms. The van der Waals surface area contributed by atoms with Gasteiger partial charge in [0.25, 0.3) is 0 Å². The molecule has 1 atom stereocenters. The van der Waals surface area contributed by atoms with Crippen molar-refractivity contribution in [1.29, 1.82) is 0 Å². The minimum Gasteiger partial charge on any atom is -0.493 e. The molecule has 0 saturated carbocycles. The molecule has 0 saturated heterocycles. The van der Waals surface area contributed by atoms with Crippen LogP contribution in [0.1, 0.15) is 17.2 Å². The number of aliphatic hydroxyl groups is 1. The molecule has 0 bridgehead atoms. The zero-order chi connectivity index (χ0) is 12.3. The van der Waals surface area contributed by atoms with Gasteiger partial charge in [-0.3, -0.25) is 0 Å². The van der Waals surface area contributed by atoms with Crippen LogP contribution in [0.4, 0.5) is 0 Å². The van der Waals surface area contributed by atoms with Gasteiger partial charge in [0.15, 0.2) is 11.5 Å². The summed E-state index contributed by atoms with van der Waals surface area (Å²) in [5, 5.41) is 10.1. The first-order valence-corrected chi connectivity index (χ1v) is 5.18. The Balaban J connectivity index is 2.33. The van der Waals surface area contributed by atoms with E-state index in [9.17, 15) is 5.11 Å². The van der Waals surface area contributed by atoms with E-state index in [1.165, 1.54) is 12.5 Å². The van der Waals surface area contributed by atoms with Crippen molar-refractivity contribution in [2.45, 2.75) is 6.10 Å². The maximum absolute atomic E-state index is 10.1. The second-order valence-corrected chi connectivity index (χ2v) is 3.57. The van der Waals surface area contributed by atoms with E-state index in [1.807, 2.05) is 0 Å². The summed E-state index contributed by atoms with van der Waals surface area (Å²) in [5.41, 5.74) is 1.43. The van der Waals surface area contributed by atoms with Gasteiger partial charge in [0.1, 0.15) is 6.10 Å². The lowest BCUT2D eigenvalue weighted by Gasteiger charge is -2.12. The quantitative estimate of drug-likeness (QED) is 0.882. The summed E-state index contributed by atoms with van der Waals surface area (Å²) in [6.07, 6.45) is 2.31. The van der Waals surface area contributed by atoms with Crippen molar-refractivity contribution in [1.82, 2.24) is 0 Å². The van der Waals surface area contributed by atoms with E-state index >= 15 is 0 Å². The molecule has 0 fully saturated rings. The average Bonchev–Trinajstić information content (AvgIpc) is 2.90. The number of furan rings is 1. The molecule has 1 aromatic carbocycles. The molecule has 2 aromatic rings. The predicted octanol–water partition coefficient (Wildman–Crippen LogP) is 2.38. The van der Waals surface area contributed by atoms with Gasteiger partial charge in [0.05, 0.1) is 26.7 Å². The first kappa shape index (κ1) is 11.5. The van der Waals surface area contributed by atoms with Gasteiger partial charge >= 0.3 is 0 Å². The molecular formula is C13H14O4. The van der Waals surface area contributed by atoms with Crippen molar-refractivity contribution in [2.24, 2.45) is 0 Å². The Labute approximate surface area is 99.4 Å². The number of ether oxygens (including phenoxy) is 2. The van der Waals surface area contributed by atoms with Gasteiger partial charge in [-0.05, 0) is 23.8 Å². The van der Waals surface area contributed by atoms with Crippen molar-refractivity contribution in [3.8, 4) is 11.5 Å².